The van der Waals surface area contributed by atoms with E-state index in [4.69, 9.17) is 4.42 Å². The Morgan fingerprint density at radius 1 is 1.25 bits per heavy atom. The number of carbonyl (C=O) groups excluding carboxylic acids is 1. The zero-order chi connectivity index (χ0) is 20.6. The van der Waals surface area contributed by atoms with E-state index < -0.39 is 39.4 Å². The number of hydrogen-bond donors (Lipinski definition) is 2. The van der Waals surface area contributed by atoms with Gasteiger partial charge >= 0.3 is 11.3 Å². The fraction of sp³-hybridized carbons (Fsp3) is 0.200. The minimum absolute atomic E-state index is 0.174. The van der Waals surface area contributed by atoms with E-state index in [1.807, 2.05) is 0 Å². The first-order valence-corrected chi connectivity index (χ1v) is 8.57. The van der Waals surface area contributed by atoms with Gasteiger partial charge in [0.2, 0.25) is 0 Å². The second kappa shape index (κ2) is 7.15. The number of nitro groups is 1. The SMILES string of the molecule is CCC(C)C(=O)c1c(O)cc2oc(=O)c([N+](=O)[O-])c(-c3ccccc3)c2c1O. The van der Waals surface area contributed by atoms with E-state index in [0.29, 0.717) is 6.42 Å². The van der Waals surface area contributed by atoms with E-state index in [0.717, 1.165) is 6.07 Å². The fourth-order valence-corrected chi connectivity index (χ4v) is 3.05. The largest absolute Gasteiger partial charge is 0.507 e. The molecule has 0 saturated heterocycles. The van der Waals surface area contributed by atoms with Crippen LogP contribution in [0.1, 0.15) is 30.6 Å². The van der Waals surface area contributed by atoms with Crippen molar-refractivity contribution >= 4 is 22.4 Å². The highest BCUT2D eigenvalue weighted by Crippen LogP contribution is 2.44. The third-order valence-corrected chi connectivity index (χ3v) is 4.68. The highest BCUT2D eigenvalue weighted by atomic mass is 16.6. The van der Waals surface area contributed by atoms with Crippen molar-refractivity contribution in [3.05, 3.63) is 62.5 Å². The average molecular weight is 383 g/mol. The molecule has 1 aromatic heterocycles. The normalized spacial score (nSPS) is 12.1. The predicted octanol–water partition coefficient (Wildman–Crippen LogP) is 4.01. The number of phenolic OH excluding ortho intramolecular Hbond substituents is 2. The molecule has 0 aliphatic heterocycles. The molecule has 3 aromatic rings. The number of Topliss-reactive ketones (excluding diaryl/α,β-unsaturated/α-hetero) is 1. The lowest BCUT2D eigenvalue weighted by atomic mass is 9.92. The maximum absolute atomic E-state index is 12.6. The van der Waals surface area contributed by atoms with Gasteiger partial charge in [-0.1, -0.05) is 44.2 Å². The van der Waals surface area contributed by atoms with Crippen LogP contribution in [-0.2, 0) is 0 Å². The van der Waals surface area contributed by atoms with Crippen LogP contribution in [0.5, 0.6) is 11.5 Å². The lowest BCUT2D eigenvalue weighted by Gasteiger charge is -2.14. The molecular weight excluding hydrogens is 366 g/mol. The van der Waals surface area contributed by atoms with Crippen LogP contribution < -0.4 is 5.63 Å². The number of hydrogen-bond acceptors (Lipinski definition) is 7. The van der Waals surface area contributed by atoms with Crippen molar-refractivity contribution in [1.29, 1.82) is 0 Å². The Morgan fingerprint density at radius 2 is 1.89 bits per heavy atom. The molecule has 1 heterocycles. The Morgan fingerprint density at radius 3 is 2.46 bits per heavy atom. The molecule has 1 atom stereocenters. The van der Waals surface area contributed by atoms with E-state index in [1.165, 1.54) is 12.1 Å². The zero-order valence-corrected chi connectivity index (χ0v) is 15.1. The van der Waals surface area contributed by atoms with Gasteiger partial charge in [-0.15, -0.1) is 0 Å². The molecule has 0 aliphatic rings. The molecule has 0 fully saturated rings. The maximum atomic E-state index is 12.6. The third kappa shape index (κ3) is 2.98. The summed E-state index contributed by atoms with van der Waals surface area (Å²) in [5.74, 6) is -2.25. The first-order valence-electron chi connectivity index (χ1n) is 8.57. The minimum atomic E-state index is -1.23. The molecule has 2 N–H and O–H groups in total. The molecule has 0 radical (unpaired) electrons. The Labute approximate surface area is 158 Å². The van der Waals surface area contributed by atoms with Crippen LogP contribution in [0.2, 0.25) is 0 Å². The Kier molecular flexibility index (Phi) is 4.87. The first kappa shape index (κ1) is 19.1. The smallest absolute Gasteiger partial charge is 0.415 e. The van der Waals surface area contributed by atoms with Crippen molar-refractivity contribution in [3.63, 3.8) is 0 Å². The summed E-state index contributed by atoms with van der Waals surface area (Å²) in [5, 5.41) is 32.5. The summed E-state index contributed by atoms with van der Waals surface area (Å²) in [5.41, 5.74) is -2.59. The number of carbonyl (C=O) groups is 1. The summed E-state index contributed by atoms with van der Waals surface area (Å²) in [6, 6.07) is 8.99. The second-order valence-electron chi connectivity index (χ2n) is 6.40. The molecule has 8 nitrogen and oxygen atoms in total. The number of rotatable bonds is 5. The van der Waals surface area contributed by atoms with Crippen LogP contribution in [0.15, 0.2) is 45.6 Å². The summed E-state index contributed by atoms with van der Waals surface area (Å²) in [4.78, 5) is 35.5. The van der Waals surface area contributed by atoms with Crippen LogP contribution in [0.25, 0.3) is 22.1 Å². The van der Waals surface area contributed by atoms with Gasteiger partial charge in [-0.25, -0.2) is 4.79 Å². The summed E-state index contributed by atoms with van der Waals surface area (Å²) >= 11 is 0. The highest BCUT2D eigenvalue weighted by Gasteiger charge is 2.31. The van der Waals surface area contributed by atoms with Gasteiger partial charge < -0.3 is 14.6 Å². The molecular formula is C20H17NO7. The van der Waals surface area contributed by atoms with Gasteiger partial charge in [0.25, 0.3) is 0 Å². The lowest BCUT2D eigenvalue weighted by molar-refractivity contribution is -0.386. The Bertz CT molecular complexity index is 1150. The van der Waals surface area contributed by atoms with Gasteiger partial charge in [-0.05, 0) is 12.0 Å². The molecule has 0 amide bonds. The third-order valence-electron chi connectivity index (χ3n) is 4.68. The number of nitrogens with zero attached hydrogens (tertiary/aromatic N) is 1. The summed E-state index contributed by atoms with van der Waals surface area (Å²) < 4.78 is 4.97. The molecule has 0 saturated carbocycles. The monoisotopic (exact) mass is 383 g/mol. The van der Waals surface area contributed by atoms with E-state index >= 15 is 0 Å². The van der Waals surface area contributed by atoms with E-state index in [1.54, 1.807) is 32.0 Å². The molecule has 0 spiro atoms. The number of fused-ring (bicyclic) bond motifs is 1. The number of ketones is 1. The molecule has 144 valence electrons. The minimum Gasteiger partial charge on any atom is -0.507 e. The van der Waals surface area contributed by atoms with Gasteiger partial charge in [-0.3, -0.25) is 14.9 Å². The van der Waals surface area contributed by atoms with E-state index in [-0.39, 0.29) is 27.7 Å². The van der Waals surface area contributed by atoms with Gasteiger partial charge in [0.05, 0.1) is 15.9 Å². The van der Waals surface area contributed by atoms with Crippen molar-refractivity contribution in [3.8, 4) is 22.6 Å². The Balaban J connectivity index is 2.53. The van der Waals surface area contributed by atoms with E-state index in [2.05, 4.69) is 0 Å². The van der Waals surface area contributed by atoms with Crippen LogP contribution in [-0.4, -0.2) is 20.9 Å². The van der Waals surface area contributed by atoms with Gasteiger partial charge in [0.1, 0.15) is 22.6 Å². The maximum Gasteiger partial charge on any atom is 0.415 e. The zero-order valence-electron chi connectivity index (χ0n) is 15.1. The second-order valence-corrected chi connectivity index (χ2v) is 6.40. The predicted molar refractivity (Wildman–Crippen MR) is 102 cm³/mol. The first-order chi connectivity index (χ1) is 13.3. The van der Waals surface area contributed by atoms with Crippen LogP contribution in [0, 0.1) is 16.0 Å². The van der Waals surface area contributed by atoms with Crippen molar-refractivity contribution in [1.82, 2.24) is 0 Å². The number of aromatic hydroxyl groups is 2. The van der Waals surface area contributed by atoms with Crippen molar-refractivity contribution < 1.29 is 24.3 Å². The van der Waals surface area contributed by atoms with Crippen molar-refractivity contribution in [2.75, 3.05) is 0 Å². The van der Waals surface area contributed by atoms with Gasteiger partial charge in [-0.2, -0.15) is 0 Å². The van der Waals surface area contributed by atoms with Crippen LogP contribution in [0.4, 0.5) is 5.69 Å². The van der Waals surface area contributed by atoms with Gasteiger partial charge in [0, 0.05) is 12.0 Å². The molecule has 3 rings (SSSR count). The van der Waals surface area contributed by atoms with E-state index in [9.17, 15) is 29.9 Å². The Hall–Kier alpha value is -3.68. The summed E-state index contributed by atoms with van der Waals surface area (Å²) in [6.45, 7) is 3.41. The fourth-order valence-electron chi connectivity index (χ4n) is 3.05. The average Bonchev–Trinajstić information content (AvgIpc) is 2.66. The van der Waals surface area contributed by atoms with Crippen LogP contribution >= 0.6 is 0 Å². The van der Waals surface area contributed by atoms with Gasteiger partial charge in [0.15, 0.2) is 5.78 Å². The molecule has 28 heavy (non-hydrogen) atoms. The number of benzene rings is 2. The van der Waals surface area contributed by atoms with Crippen molar-refractivity contribution in [2.45, 2.75) is 20.3 Å². The molecule has 2 aromatic carbocycles. The van der Waals surface area contributed by atoms with Crippen molar-refractivity contribution in [2.24, 2.45) is 5.92 Å². The summed E-state index contributed by atoms with van der Waals surface area (Å²) in [6.07, 6.45) is 0.464. The molecule has 8 heteroatoms. The lowest BCUT2D eigenvalue weighted by Crippen LogP contribution is -2.12. The molecule has 0 aliphatic carbocycles. The summed E-state index contributed by atoms with van der Waals surface area (Å²) in [7, 11) is 0. The number of phenols is 2. The quantitative estimate of drug-likeness (QED) is 0.294. The molecule has 0 bridgehead atoms. The standard InChI is InChI=1S/C20H17NO7/c1-3-10(2)18(23)15-12(22)9-13-16(19(15)24)14(11-7-5-4-6-8-11)17(21(26)27)20(25)28-13/h4-10,22,24H,3H2,1-2H3. The topological polar surface area (TPSA) is 131 Å². The van der Waals surface area contributed by atoms with Crippen LogP contribution in [0.3, 0.4) is 0 Å². The highest BCUT2D eigenvalue weighted by molar-refractivity contribution is 6.11. The molecule has 1 unspecified atom stereocenters.